The van der Waals surface area contributed by atoms with E-state index in [-0.39, 0.29) is 50.8 Å². The Bertz CT molecular complexity index is 1370. The summed E-state index contributed by atoms with van der Waals surface area (Å²) >= 11 is 0. The lowest BCUT2D eigenvalue weighted by Crippen LogP contribution is -2.01. The van der Waals surface area contributed by atoms with Crippen LogP contribution >= 0.6 is 0 Å². The van der Waals surface area contributed by atoms with Gasteiger partial charge in [0, 0.05) is 6.07 Å². The van der Waals surface area contributed by atoms with E-state index in [2.05, 4.69) is 0 Å². The fraction of sp³-hybridized carbons (Fsp3) is 0. The molecule has 0 aromatic heterocycles. The normalized spacial score (nSPS) is 9.42. The number of rotatable bonds is 5. The zero-order valence-corrected chi connectivity index (χ0v) is 15.7. The molecule has 3 aromatic carbocycles. The molecule has 0 aliphatic rings. The number of nitrogens with zero attached hydrogens (tertiary/aromatic N) is 4. The van der Waals surface area contributed by atoms with Gasteiger partial charge in [-0.05, 0) is 48.5 Å². The van der Waals surface area contributed by atoms with Crippen molar-refractivity contribution in [1.82, 2.24) is 0 Å². The molecule has 8 nitrogen and oxygen atoms in total. The van der Waals surface area contributed by atoms with Crippen molar-refractivity contribution in [1.29, 1.82) is 21.0 Å². The van der Waals surface area contributed by atoms with Crippen LogP contribution in [0.5, 0.6) is 23.0 Å². The third-order valence-corrected chi connectivity index (χ3v) is 4.11. The van der Waals surface area contributed by atoms with Crippen molar-refractivity contribution in [2.75, 3.05) is 0 Å². The minimum Gasteiger partial charge on any atom is -0.478 e. The maximum atomic E-state index is 11.6. The SMILES string of the molecule is N#Cc1ccc(Oc2ccc(C(=O)O)c(Oc3ccc(C#N)c(C#N)c3)c2)cc1C#N. The molecule has 0 saturated heterocycles. The lowest BCUT2D eigenvalue weighted by Gasteiger charge is -2.12. The molecule has 0 radical (unpaired) electrons. The van der Waals surface area contributed by atoms with Gasteiger partial charge in [-0.2, -0.15) is 21.0 Å². The summed E-state index contributed by atoms with van der Waals surface area (Å²) in [5.74, 6) is -0.619. The topological polar surface area (TPSA) is 151 Å². The number of hydrogen-bond acceptors (Lipinski definition) is 7. The third kappa shape index (κ3) is 4.41. The fourth-order valence-electron chi connectivity index (χ4n) is 2.64. The van der Waals surface area contributed by atoms with Gasteiger partial charge in [0.25, 0.3) is 0 Å². The predicted molar refractivity (Wildman–Crippen MR) is 105 cm³/mol. The molecule has 0 heterocycles. The van der Waals surface area contributed by atoms with E-state index in [0.29, 0.717) is 0 Å². The molecule has 0 saturated carbocycles. The standard InChI is InChI=1S/C23H10N4O4/c24-10-14-1-3-18(7-16(14)12-26)30-20-5-6-21(23(28)29)22(9-20)31-19-4-2-15(11-25)17(8-19)13-27/h1-9H,(H,28,29). The predicted octanol–water partition coefficient (Wildman–Crippen LogP) is 4.46. The van der Waals surface area contributed by atoms with E-state index in [1.165, 1.54) is 54.6 Å². The summed E-state index contributed by atoms with van der Waals surface area (Å²) in [5.41, 5.74) is 0.451. The van der Waals surface area contributed by atoms with Crippen LogP contribution in [-0.2, 0) is 0 Å². The van der Waals surface area contributed by atoms with E-state index >= 15 is 0 Å². The Morgan fingerprint density at radius 3 is 1.58 bits per heavy atom. The zero-order chi connectivity index (χ0) is 22.4. The summed E-state index contributed by atoms with van der Waals surface area (Å²) in [6.45, 7) is 0. The van der Waals surface area contributed by atoms with Crippen molar-refractivity contribution in [2.24, 2.45) is 0 Å². The van der Waals surface area contributed by atoms with Crippen LogP contribution in [0, 0.1) is 45.3 Å². The van der Waals surface area contributed by atoms with Gasteiger partial charge in [0.15, 0.2) is 0 Å². The van der Waals surface area contributed by atoms with E-state index in [1.807, 2.05) is 24.3 Å². The molecule has 0 atom stereocenters. The lowest BCUT2D eigenvalue weighted by atomic mass is 10.1. The first-order valence-corrected chi connectivity index (χ1v) is 8.60. The molecule has 0 bridgehead atoms. The number of aromatic carboxylic acids is 1. The fourth-order valence-corrected chi connectivity index (χ4v) is 2.64. The van der Waals surface area contributed by atoms with Crippen molar-refractivity contribution in [3.63, 3.8) is 0 Å². The summed E-state index contributed by atoms with van der Waals surface area (Å²) in [7, 11) is 0. The first-order valence-electron chi connectivity index (χ1n) is 8.60. The van der Waals surface area contributed by atoms with Gasteiger partial charge in [-0.25, -0.2) is 4.79 Å². The molecule has 0 aliphatic heterocycles. The number of carbonyl (C=O) groups is 1. The third-order valence-electron chi connectivity index (χ3n) is 4.11. The van der Waals surface area contributed by atoms with Crippen LogP contribution < -0.4 is 9.47 Å². The van der Waals surface area contributed by atoms with Crippen LogP contribution in [0.3, 0.4) is 0 Å². The van der Waals surface area contributed by atoms with Gasteiger partial charge in [-0.3, -0.25) is 0 Å². The van der Waals surface area contributed by atoms with Gasteiger partial charge in [-0.1, -0.05) is 0 Å². The summed E-state index contributed by atoms with van der Waals surface area (Å²) in [4.78, 5) is 11.6. The Morgan fingerprint density at radius 1 is 0.645 bits per heavy atom. The average molecular weight is 406 g/mol. The second-order valence-electron chi connectivity index (χ2n) is 6.03. The minimum absolute atomic E-state index is 0.0484. The summed E-state index contributed by atoms with van der Waals surface area (Å²) in [6.07, 6.45) is 0. The highest BCUT2D eigenvalue weighted by Crippen LogP contribution is 2.33. The number of nitriles is 4. The molecule has 0 aliphatic carbocycles. The number of carboxylic acids is 1. The van der Waals surface area contributed by atoms with E-state index in [4.69, 9.17) is 30.5 Å². The second kappa shape index (κ2) is 8.80. The Kier molecular flexibility index (Phi) is 5.80. The van der Waals surface area contributed by atoms with Crippen molar-refractivity contribution in [2.45, 2.75) is 0 Å². The number of carboxylic acid groups (broad SMARTS) is 1. The Labute approximate surface area is 176 Å². The van der Waals surface area contributed by atoms with Crippen molar-refractivity contribution < 1.29 is 19.4 Å². The molecular formula is C23H10N4O4. The van der Waals surface area contributed by atoms with Gasteiger partial charge < -0.3 is 14.6 Å². The molecule has 3 rings (SSSR count). The average Bonchev–Trinajstić information content (AvgIpc) is 2.78. The minimum atomic E-state index is -1.24. The van der Waals surface area contributed by atoms with E-state index in [1.54, 1.807) is 0 Å². The monoisotopic (exact) mass is 406 g/mol. The number of benzene rings is 3. The zero-order valence-electron chi connectivity index (χ0n) is 15.7. The molecule has 8 heteroatoms. The van der Waals surface area contributed by atoms with Gasteiger partial charge in [0.1, 0.15) is 52.8 Å². The smallest absolute Gasteiger partial charge is 0.339 e. The molecule has 146 valence electrons. The lowest BCUT2D eigenvalue weighted by molar-refractivity contribution is 0.0694. The molecule has 0 unspecified atom stereocenters. The highest BCUT2D eigenvalue weighted by atomic mass is 16.5. The van der Waals surface area contributed by atoms with Crippen LogP contribution in [0.15, 0.2) is 54.6 Å². The Morgan fingerprint density at radius 2 is 1.10 bits per heavy atom. The number of ether oxygens (including phenoxy) is 2. The maximum absolute atomic E-state index is 11.6. The largest absolute Gasteiger partial charge is 0.478 e. The Hall–Kier alpha value is -5.31. The van der Waals surface area contributed by atoms with Gasteiger partial charge >= 0.3 is 5.97 Å². The van der Waals surface area contributed by atoms with Crippen LogP contribution in [-0.4, -0.2) is 11.1 Å². The summed E-state index contributed by atoms with van der Waals surface area (Å²) < 4.78 is 11.3. The van der Waals surface area contributed by atoms with Crippen LogP contribution in [0.25, 0.3) is 0 Å². The second-order valence-corrected chi connectivity index (χ2v) is 6.03. The van der Waals surface area contributed by atoms with Crippen molar-refractivity contribution in [3.05, 3.63) is 82.4 Å². The first-order chi connectivity index (χ1) is 15.0. The van der Waals surface area contributed by atoms with Crippen molar-refractivity contribution in [3.8, 4) is 47.3 Å². The molecular weight excluding hydrogens is 396 g/mol. The maximum Gasteiger partial charge on any atom is 0.339 e. The first kappa shape index (κ1) is 20.4. The highest BCUT2D eigenvalue weighted by Gasteiger charge is 2.15. The summed E-state index contributed by atoms with van der Waals surface area (Å²) in [6, 6.07) is 20.1. The molecule has 1 N–H and O–H groups in total. The molecule has 0 spiro atoms. The van der Waals surface area contributed by atoms with Gasteiger partial charge in [0.05, 0.1) is 22.3 Å². The van der Waals surface area contributed by atoms with E-state index < -0.39 is 5.97 Å². The van der Waals surface area contributed by atoms with Crippen LogP contribution in [0.2, 0.25) is 0 Å². The highest BCUT2D eigenvalue weighted by molar-refractivity contribution is 5.91. The summed E-state index contributed by atoms with van der Waals surface area (Å²) in [5, 5.41) is 45.8. The molecule has 0 fully saturated rings. The quantitative estimate of drug-likeness (QED) is 0.652. The van der Waals surface area contributed by atoms with Crippen LogP contribution in [0.1, 0.15) is 32.6 Å². The van der Waals surface area contributed by atoms with Crippen molar-refractivity contribution >= 4 is 5.97 Å². The molecule has 3 aromatic rings. The van der Waals surface area contributed by atoms with Crippen LogP contribution in [0.4, 0.5) is 0 Å². The number of hydrogen-bond donors (Lipinski definition) is 1. The van der Waals surface area contributed by atoms with E-state index in [9.17, 15) is 9.90 Å². The molecule has 31 heavy (non-hydrogen) atoms. The van der Waals surface area contributed by atoms with Gasteiger partial charge in [-0.15, -0.1) is 0 Å². The van der Waals surface area contributed by atoms with E-state index in [0.717, 1.165) is 0 Å². The molecule has 0 amide bonds. The Balaban J connectivity index is 1.97. The van der Waals surface area contributed by atoms with Gasteiger partial charge in [0.2, 0.25) is 0 Å².